The van der Waals surface area contributed by atoms with Crippen LogP contribution >= 0.6 is 12.4 Å². The molecule has 0 unspecified atom stereocenters. The predicted molar refractivity (Wildman–Crippen MR) is 92.2 cm³/mol. The van der Waals surface area contributed by atoms with Crippen LogP contribution in [-0.2, 0) is 10.0 Å². The van der Waals surface area contributed by atoms with E-state index in [2.05, 4.69) is 5.32 Å². The lowest BCUT2D eigenvalue weighted by molar-refractivity contribution is 0.0686. The van der Waals surface area contributed by atoms with Gasteiger partial charge in [-0.1, -0.05) is 0 Å². The van der Waals surface area contributed by atoms with Crippen LogP contribution in [-0.4, -0.2) is 45.9 Å². The second-order valence-corrected chi connectivity index (χ2v) is 7.35. The van der Waals surface area contributed by atoms with Crippen molar-refractivity contribution in [2.75, 3.05) is 26.7 Å². The van der Waals surface area contributed by atoms with E-state index in [9.17, 15) is 17.6 Å². The van der Waals surface area contributed by atoms with Crippen LogP contribution in [0.4, 0.5) is 4.39 Å². The zero-order valence-corrected chi connectivity index (χ0v) is 15.1. The first-order valence-electron chi connectivity index (χ1n) is 7.59. The second kappa shape index (κ2) is 8.75. The Morgan fingerprint density at radius 2 is 2.00 bits per heavy atom. The summed E-state index contributed by atoms with van der Waals surface area (Å²) in [5.41, 5.74) is 0.142. The van der Waals surface area contributed by atoms with E-state index < -0.39 is 20.7 Å². The fourth-order valence-corrected chi connectivity index (χ4v) is 3.41. The summed E-state index contributed by atoms with van der Waals surface area (Å²) in [7, 11) is -2.21. The van der Waals surface area contributed by atoms with Crippen molar-refractivity contribution in [1.82, 2.24) is 10.2 Å². The fourth-order valence-electron chi connectivity index (χ4n) is 2.82. The third-order valence-corrected chi connectivity index (χ3v) is 5.13. The van der Waals surface area contributed by atoms with Crippen molar-refractivity contribution >= 4 is 28.3 Å². The van der Waals surface area contributed by atoms with Crippen molar-refractivity contribution in [2.45, 2.75) is 24.2 Å². The molecule has 3 N–H and O–H groups in total. The zero-order chi connectivity index (χ0) is 17.0. The molecule has 1 aliphatic rings. The minimum absolute atomic E-state index is 0. The molecule has 0 spiro atoms. The number of primary sulfonamides is 1. The number of nitrogens with one attached hydrogen (secondary N) is 1. The van der Waals surface area contributed by atoms with Crippen molar-refractivity contribution < 1.29 is 17.6 Å². The Morgan fingerprint density at radius 1 is 1.38 bits per heavy atom. The van der Waals surface area contributed by atoms with Gasteiger partial charge in [0.2, 0.25) is 10.0 Å². The average Bonchev–Trinajstić information content (AvgIpc) is 2.51. The third-order valence-electron chi connectivity index (χ3n) is 4.19. The van der Waals surface area contributed by atoms with Gasteiger partial charge in [-0.25, -0.2) is 17.9 Å². The van der Waals surface area contributed by atoms with E-state index in [1.54, 1.807) is 4.90 Å². The normalized spacial score (nSPS) is 15.9. The summed E-state index contributed by atoms with van der Waals surface area (Å²) in [4.78, 5) is 13.5. The molecule has 1 aliphatic heterocycles. The highest BCUT2D eigenvalue weighted by atomic mass is 35.5. The molecule has 6 nitrogen and oxygen atoms in total. The number of likely N-dealkylation sites (tertiary alicyclic amines) is 1. The summed E-state index contributed by atoms with van der Waals surface area (Å²) in [6, 6.07) is 3.28. The number of carbonyl (C=O) groups is 1. The number of nitrogens with zero attached hydrogens (tertiary/aromatic N) is 1. The molecule has 0 aromatic heterocycles. The van der Waals surface area contributed by atoms with E-state index in [-0.39, 0.29) is 23.9 Å². The van der Waals surface area contributed by atoms with Crippen molar-refractivity contribution in [3.63, 3.8) is 0 Å². The zero-order valence-electron chi connectivity index (χ0n) is 13.5. The van der Waals surface area contributed by atoms with Crippen LogP contribution in [0.15, 0.2) is 23.1 Å². The Morgan fingerprint density at radius 3 is 2.50 bits per heavy atom. The molecular formula is C15H23ClFN3O3S. The van der Waals surface area contributed by atoms with Gasteiger partial charge in [0, 0.05) is 18.7 Å². The van der Waals surface area contributed by atoms with E-state index in [1.165, 1.54) is 6.07 Å². The van der Waals surface area contributed by atoms with E-state index in [0.29, 0.717) is 19.0 Å². The van der Waals surface area contributed by atoms with Gasteiger partial charge in [-0.05, 0) is 57.0 Å². The largest absolute Gasteiger partial charge is 0.339 e. The van der Waals surface area contributed by atoms with E-state index in [0.717, 1.165) is 37.9 Å². The molecule has 0 atom stereocenters. The molecule has 9 heteroatoms. The summed E-state index contributed by atoms with van der Waals surface area (Å²) >= 11 is 0. The SMILES string of the molecule is CNCCC1CCN(C(=O)c2ccc(S(N)(=O)=O)c(F)c2)CC1.Cl. The highest BCUT2D eigenvalue weighted by Crippen LogP contribution is 2.22. The number of piperidine rings is 1. The minimum Gasteiger partial charge on any atom is -0.339 e. The predicted octanol–water partition coefficient (Wildman–Crippen LogP) is 1.36. The first kappa shape index (κ1) is 20.8. The molecule has 0 aliphatic carbocycles. The quantitative estimate of drug-likeness (QED) is 0.807. The fraction of sp³-hybridized carbons (Fsp3) is 0.533. The Hall–Kier alpha value is -1.22. The maximum atomic E-state index is 13.8. The topological polar surface area (TPSA) is 92.5 Å². The summed E-state index contributed by atoms with van der Waals surface area (Å²) in [6.45, 7) is 2.22. The van der Waals surface area contributed by atoms with E-state index in [1.807, 2.05) is 7.05 Å². The van der Waals surface area contributed by atoms with Crippen LogP contribution in [0.2, 0.25) is 0 Å². The van der Waals surface area contributed by atoms with E-state index in [4.69, 9.17) is 5.14 Å². The maximum Gasteiger partial charge on any atom is 0.253 e. The van der Waals surface area contributed by atoms with Crippen molar-refractivity contribution in [1.29, 1.82) is 0 Å². The van der Waals surface area contributed by atoms with Gasteiger partial charge < -0.3 is 10.2 Å². The van der Waals surface area contributed by atoms with Crippen LogP contribution in [0.3, 0.4) is 0 Å². The van der Waals surface area contributed by atoms with Crippen LogP contribution in [0.1, 0.15) is 29.6 Å². The molecular weight excluding hydrogens is 357 g/mol. The van der Waals surface area contributed by atoms with Crippen molar-refractivity contribution in [3.05, 3.63) is 29.6 Å². The molecule has 1 heterocycles. The van der Waals surface area contributed by atoms with Gasteiger partial charge in [0.15, 0.2) is 0 Å². The van der Waals surface area contributed by atoms with Crippen LogP contribution < -0.4 is 10.5 Å². The summed E-state index contributed by atoms with van der Waals surface area (Å²) in [5, 5.41) is 8.03. The number of sulfonamides is 1. The molecule has 0 saturated carbocycles. The number of benzene rings is 1. The number of amides is 1. The second-order valence-electron chi connectivity index (χ2n) is 5.82. The molecule has 1 aromatic rings. The lowest BCUT2D eigenvalue weighted by Gasteiger charge is -2.32. The van der Waals surface area contributed by atoms with Gasteiger partial charge in [-0.2, -0.15) is 0 Å². The number of carbonyl (C=O) groups excluding carboxylic acids is 1. The Bertz CT molecular complexity index is 677. The molecule has 2 rings (SSSR count). The Labute approximate surface area is 148 Å². The van der Waals surface area contributed by atoms with Gasteiger partial charge in [-0.3, -0.25) is 4.79 Å². The van der Waals surface area contributed by atoms with Crippen LogP contribution in [0, 0.1) is 11.7 Å². The monoisotopic (exact) mass is 379 g/mol. The first-order chi connectivity index (χ1) is 10.8. The number of hydrogen-bond donors (Lipinski definition) is 2. The van der Waals surface area contributed by atoms with Gasteiger partial charge in [0.05, 0.1) is 0 Å². The maximum absolute atomic E-state index is 13.8. The minimum atomic E-state index is -4.12. The lowest BCUT2D eigenvalue weighted by atomic mass is 9.93. The third kappa shape index (κ3) is 5.14. The number of hydrogen-bond acceptors (Lipinski definition) is 4. The smallest absolute Gasteiger partial charge is 0.253 e. The van der Waals surface area contributed by atoms with Gasteiger partial charge in [0.25, 0.3) is 5.91 Å². The average molecular weight is 380 g/mol. The van der Waals surface area contributed by atoms with Gasteiger partial charge >= 0.3 is 0 Å². The Kier molecular flexibility index (Phi) is 7.59. The molecule has 24 heavy (non-hydrogen) atoms. The molecule has 1 aromatic carbocycles. The highest BCUT2D eigenvalue weighted by Gasteiger charge is 2.24. The standard InChI is InChI=1S/C15H22FN3O3S.ClH/c1-18-7-4-11-5-8-19(9-6-11)15(20)12-2-3-14(13(16)10-12)23(17,21)22;/h2-3,10-11,18H,4-9H2,1H3,(H2,17,21,22);1H. The van der Waals surface area contributed by atoms with Crippen LogP contribution in [0.25, 0.3) is 0 Å². The van der Waals surface area contributed by atoms with Crippen molar-refractivity contribution in [2.24, 2.45) is 11.1 Å². The summed E-state index contributed by atoms with van der Waals surface area (Å²) in [6.07, 6.45) is 2.92. The molecule has 0 bridgehead atoms. The number of halogens is 2. The summed E-state index contributed by atoms with van der Waals surface area (Å²) < 4.78 is 36.2. The van der Waals surface area contributed by atoms with Crippen LogP contribution in [0.5, 0.6) is 0 Å². The Balaban J connectivity index is 0.00000288. The first-order valence-corrected chi connectivity index (χ1v) is 9.13. The van der Waals surface area contributed by atoms with Gasteiger partial charge in [-0.15, -0.1) is 12.4 Å². The van der Waals surface area contributed by atoms with E-state index >= 15 is 0 Å². The number of nitrogens with two attached hydrogens (primary N) is 1. The molecule has 1 fully saturated rings. The molecule has 0 radical (unpaired) electrons. The van der Waals surface area contributed by atoms with Gasteiger partial charge in [0.1, 0.15) is 10.7 Å². The molecule has 136 valence electrons. The molecule has 1 amide bonds. The molecule has 1 saturated heterocycles. The lowest BCUT2D eigenvalue weighted by Crippen LogP contribution is -2.39. The van der Waals surface area contributed by atoms with Crippen molar-refractivity contribution in [3.8, 4) is 0 Å². The summed E-state index contributed by atoms with van der Waals surface area (Å²) in [5.74, 6) is -0.688. The highest BCUT2D eigenvalue weighted by molar-refractivity contribution is 7.89. The number of rotatable bonds is 5.